The van der Waals surface area contributed by atoms with Crippen molar-refractivity contribution in [2.75, 3.05) is 0 Å². The van der Waals surface area contributed by atoms with Gasteiger partial charge in [0.1, 0.15) is 6.10 Å². The third-order valence-electron chi connectivity index (χ3n) is 7.96. The number of amides is 3. The summed E-state index contributed by atoms with van der Waals surface area (Å²) in [5, 5.41) is 2.06. The molecule has 2 fully saturated rings. The first-order chi connectivity index (χ1) is 12.5. The Morgan fingerprint density at radius 3 is 2.52 bits per heavy atom. The summed E-state index contributed by atoms with van der Waals surface area (Å²) in [5.74, 6) is 2.04. The molecule has 0 aromatic carbocycles. The standard InChI is InChI=1S/C22H40N2O3/c1-7-14(2)9-10-16-15(3)17(27-20(26)24-19(23)25)13-18-21(4,5)11-8-12-22(16,18)6/h14-18H,7-13H2,1-6H3,(H3,23,24,25,26)/t14-,15-,16+,17-,18+,22-/m1/s1. The van der Waals surface area contributed by atoms with Crippen LogP contribution in [0.25, 0.3) is 0 Å². The van der Waals surface area contributed by atoms with Gasteiger partial charge < -0.3 is 10.5 Å². The minimum atomic E-state index is -0.861. The molecule has 0 unspecified atom stereocenters. The molecule has 3 N–H and O–H groups in total. The number of fused-ring (bicyclic) bond motifs is 1. The van der Waals surface area contributed by atoms with Crippen LogP contribution in [-0.2, 0) is 4.74 Å². The van der Waals surface area contributed by atoms with Crippen molar-refractivity contribution in [1.82, 2.24) is 5.32 Å². The lowest BCUT2D eigenvalue weighted by molar-refractivity contribution is -0.142. The Labute approximate surface area is 165 Å². The molecular formula is C22H40N2O3. The highest BCUT2D eigenvalue weighted by Crippen LogP contribution is 2.62. The number of carbonyl (C=O) groups excluding carboxylic acids is 2. The predicted molar refractivity (Wildman–Crippen MR) is 108 cm³/mol. The maximum absolute atomic E-state index is 12.1. The first-order valence-corrected chi connectivity index (χ1v) is 10.8. The average Bonchev–Trinajstić information content (AvgIpc) is 2.55. The summed E-state index contributed by atoms with van der Waals surface area (Å²) in [4.78, 5) is 23.1. The molecule has 0 aromatic heterocycles. The van der Waals surface area contributed by atoms with Crippen molar-refractivity contribution < 1.29 is 14.3 Å². The number of imide groups is 1. The van der Waals surface area contributed by atoms with E-state index in [0.29, 0.717) is 11.8 Å². The van der Waals surface area contributed by atoms with Crippen molar-refractivity contribution in [2.45, 2.75) is 92.6 Å². The van der Waals surface area contributed by atoms with Gasteiger partial charge in [0, 0.05) is 0 Å². The van der Waals surface area contributed by atoms with Crippen LogP contribution in [0.4, 0.5) is 9.59 Å². The first-order valence-electron chi connectivity index (χ1n) is 10.8. The molecule has 2 saturated carbocycles. The van der Waals surface area contributed by atoms with Gasteiger partial charge in [-0.1, -0.05) is 60.8 Å². The summed E-state index contributed by atoms with van der Waals surface area (Å²) < 4.78 is 5.71. The summed E-state index contributed by atoms with van der Waals surface area (Å²) in [5.41, 5.74) is 5.60. The average molecular weight is 381 g/mol. The second kappa shape index (κ2) is 8.40. The SMILES string of the molecule is CC[C@@H](C)CC[C@H]1[C@@H](C)[C@H](OC(=O)NC(N)=O)C[C@H]2C(C)(C)CCC[C@]12C. The zero-order chi connectivity index (χ0) is 20.4. The summed E-state index contributed by atoms with van der Waals surface area (Å²) in [6.45, 7) is 14.0. The van der Waals surface area contributed by atoms with Gasteiger partial charge in [-0.15, -0.1) is 0 Å². The van der Waals surface area contributed by atoms with Gasteiger partial charge in [0.25, 0.3) is 0 Å². The van der Waals surface area contributed by atoms with E-state index < -0.39 is 12.1 Å². The highest BCUT2D eigenvalue weighted by molar-refractivity contribution is 5.89. The maximum Gasteiger partial charge on any atom is 0.415 e. The number of nitrogens with two attached hydrogens (primary N) is 1. The van der Waals surface area contributed by atoms with E-state index in [-0.39, 0.29) is 22.9 Å². The fraction of sp³-hybridized carbons (Fsp3) is 0.909. The molecule has 0 bridgehead atoms. The minimum Gasteiger partial charge on any atom is -0.446 e. The van der Waals surface area contributed by atoms with Gasteiger partial charge in [-0.25, -0.2) is 14.9 Å². The van der Waals surface area contributed by atoms with Gasteiger partial charge in [0.05, 0.1) is 0 Å². The van der Waals surface area contributed by atoms with E-state index in [0.717, 1.165) is 12.3 Å². The molecule has 27 heavy (non-hydrogen) atoms. The van der Waals surface area contributed by atoms with Gasteiger partial charge in [-0.2, -0.15) is 0 Å². The highest BCUT2D eigenvalue weighted by atomic mass is 16.6. The molecular weight excluding hydrogens is 340 g/mol. The van der Waals surface area contributed by atoms with Crippen LogP contribution in [0.15, 0.2) is 0 Å². The lowest BCUT2D eigenvalue weighted by atomic mass is 9.45. The molecule has 6 atom stereocenters. The molecule has 2 rings (SSSR count). The van der Waals surface area contributed by atoms with E-state index in [2.05, 4.69) is 46.9 Å². The third-order valence-corrected chi connectivity index (χ3v) is 7.96. The summed E-state index contributed by atoms with van der Waals surface area (Å²) in [6.07, 6.45) is 7.35. The zero-order valence-electron chi connectivity index (χ0n) is 18.1. The second-order valence-corrected chi connectivity index (χ2v) is 10.1. The zero-order valence-corrected chi connectivity index (χ0v) is 18.1. The maximum atomic E-state index is 12.1. The Morgan fingerprint density at radius 2 is 1.93 bits per heavy atom. The van der Waals surface area contributed by atoms with Crippen molar-refractivity contribution in [3.05, 3.63) is 0 Å². The molecule has 2 aliphatic rings. The molecule has 0 aromatic rings. The number of ether oxygens (including phenoxy) is 1. The Kier molecular flexibility index (Phi) is 6.86. The predicted octanol–water partition coefficient (Wildman–Crippen LogP) is 5.47. The quantitative estimate of drug-likeness (QED) is 0.663. The smallest absolute Gasteiger partial charge is 0.415 e. The fourth-order valence-electron chi connectivity index (χ4n) is 6.19. The number of alkyl carbamates (subject to hydrolysis) is 1. The molecule has 5 nitrogen and oxygen atoms in total. The van der Waals surface area contributed by atoms with Crippen molar-refractivity contribution in [3.63, 3.8) is 0 Å². The van der Waals surface area contributed by atoms with E-state index in [4.69, 9.17) is 10.5 Å². The molecule has 2 aliphatic carbocycles. The van der Waals surface area contributed by atoms with Crippen LogP contribution in [0.5, 0.6) is 0 Å². The van der Waals surface area contributed by atoms with Crippen molar-refractivity contribution >= 4 is 12.1 Å². The van der Waals surface area contributed by atoms with E-state index in [1.165, 1.54) is 38.5 Å². The first kappa shape index (κ1) is 22.0. The van der Waals surface area contributed by atoms with Crippen LogP contribution in [0.3, 0.4) is 0 Å². The topological polar surface area (TPSA) is 81.4 Å². The summed E-state index contributed by atoms with van der Waals surface area (Å²) >= 11 is 0. The molecule has 3 amide bonds. The molecule has 156 valence electrons. The number of urea groups is 1. The van der Waals surface area contributed by atoms with Crippen molar-refractivity contribution in [2.24, 2.45) is 40.2 Å². The minimum absolute atomic E-state index is 0.165. The van der Waals surface area contributed by atoms with Gasteiger partial charge in [-0.3, -0.25) is 0 Å². The monoisotopic (exact) mass is 380 g/mol. The third kappa shape index (κ3) is 4.78. The summed E-state index contributed by atoms with van der Waals surface area (Å²) in [6, 6.07) is -0.861. The Morgan fingerprint density at radius 1 is 1.26 bits per heavy atom. The molecule has 0 heterocycles. The van der Waals surface area contributed by atoms with Crippen LogP contribution >= 0.6 is 0 Å². The number of nitrogens with one attached hydrogen (secondary N) is 1. The van der Waals surface area contributed by atoms with Crippen LogP contribution in [-0.4, -0.2) is 18.2 Å². The number of hydrogen-bond donors (Lipinski definition) is 2. The van der Waals surface area contributed by atoms with Crippen LogP contribution < -0.4 is 11.1 Å². The Bertz CT molecular complexity index is 548. The molecule has 5 heteroatoms. The van der Waals surface area contributed by atoms with Crippen molar-refractivity contribution in [1.29, 1.82) is 0 Å². The summed E-state index contributed by atoms with van der Waals surface area (Å²) in [7, 11) is 0. The molecule has 0 saturated heterocycles. The largest absolute Gasteiger partial charge is 0.446 e. The molecule has 0 aliphatic heterocycles. The lowest BCUT2D eigenvalue weighted by Gasteiger charge is -2.60. The normalized spacial score (nSPS) is 36.4. The number of hydrogen-bond acceptors (Lipinski definition) is 3. The Hall–Kier alpha value is -1.26. The molecule has 0 spiro atoms. The van der Waals surface area contributed by atoms with Gasteiger partial charge in [0.15, 0.2) is 0 Å². The van der Waals surface area contributed by atoms with Crippen LogP contribution in [0.2, 0.25) is 0 Å². The lowest BCUT2D eigenvalue weighted by Crippen LogP contribution is -2.56. The Balaban J connectivity index is 2.26. The van der Waals surface area contributed by atoms with Crippen LogP contribution in [0.1, 0.15) is 86.5 Å². The second-order valence-electron chi connectivity index (χ2n) is 10.1. The van der Waals surface area contributed by atoms with Gasteiger partial charge in [0.2, 0.25) is 0 Å². The number of primary amides is 1. The van der Waals surface area contributed by atoms with Crippen LogP contribution in [0, 0.1) is 34.5 Å². The van der Waals surface area contributed by atoms with Crippen molar-refractivity contribution in [3.8, 4) is 0 Å². The van der Waals surface area contributed by atoms with E-state index in [1.807, 2.05) is 0 Å². The van der Waals surface area contributed by atoms with Gasteiger partial charge >= 0.3 is 12.1 Å². The number of rotatable bonds is 5. The molecule has 0 radical (unpaired) electrons. The highest BCUT2D eigenvalue weighted by Gasteiger charge is 2.56. The fourth-order valence-corrected chi connectivity index (χ4v) is 6.19. The number of carbonyl (C=O) groups is 2. The van der Waals surface area contributed by atoms with E-state index in [1.54, 1.807) is 0 Å². The van der Waals surface area contributed by atoms with E-state index >= 15 is 0 Å². The van der Waals surface area contributed by atoms with E-state index in [9.17, 15) is 9.59 Å². The van der Waals surface area contributed by atoms with Gasteiger partial charge in [-0.05, 0) is 60.2 Å².